The SMILES string of the molecule is C.COc1cc(C2(O)CCC2)ccc1-c1cnc2sc(N3CCC(O)(CN)CC3)nn12.COc1cc(C2(O[Si](C)(C)C(C)(C)C)CCC2)ccc1-c1cnc2sc(N3CCC(O)(CNC(=O)OC(C)(C)C)CC3)nn12. The molecule has 6 N–H and O–H groups in total. The minimum Gasteiger partial charge on any atom is -0.496 e. The first-order chi connectivity index (χ1) is 34.9. The number of methoxy groups -OCH3 is 2. The fraction of sp³-hybridized carbons (Fsp3) is 0.611. The van der Waals surface area contributed by atoms with Crippen molar-refractivity contribution in [3.05, 3.63) is 59.9 Å². The molecule has 2 saturated heterocycles. The van der Waals surface area contributed by atoms with E-state index >= 15 is 0 Å². The van der Waals surface area contributed by atoms with Gasteiger partial charge in [0.2, 0.25) is 20.2 Å². The second-order valence-electron chi connectivity index (χ2n) is 23.4. The highest BCUT2D eigenvalue weighted by Crippen LogP contribution is 2.52. The highest BCUT2D eigenvalue weighted by atomic mass is 32.1. The van der Waals surface area contributed by atoms with Crippen LogP contribution in [0.4, 0.5) is 15.1 Å². The van der Waals surface area contributed by atoms with Crippen LogP contribution in [0, 0.1) is 0 Å². The summed E-state index contributed by atoms with van der Waals surface area (Å²) >= 11 is 3.06. The molecule has 21 heteroatoms. The van der Waals surface area contributed by atoms with Gasteiger partial charge in [-0.2, -0.15) is 0 Å². The van der Waals surface area contributed by atoms with Crippen LogP contribution in [0.25, 0.3) is 32.4 Å². The summed E-state index contributed by atoms with van der Waals surface area (Å²) in [6, 6.07) is 12.3. The van der Waals surface area contributed by atoms with Crippen molar-refractivity contribution in [3.8, 4) is 34.0 Å². The Morgan fingerprint density at radius 3 is 1.60 bits per heavy atom. The van der Waals surface area contributed by atoms with Gasteiger partial charge in [-0.1, -0.05) is 63.0 Å². The fourth-order valence-corrected chi connectivity index (χ4v) is 13.4. The number of anilines is 2. The lowest BCUT2D eigenvalue weighted by Crippen LogP contribution is -2.51. The minimum absolute atomic E-state index is 0. The van der Waals surface area contributed by atoms with Crippen LogP contribution in [0.1, 0.15) is 124 Å². The van der Waals surface area contributed by atoms with Gasteiger partial charge in [0, 0.05) is 50.4 Å². The molecule has 0 bridgehead atoms. The van der Waals surface area contributed by atoms with Crippen molar-refractivity contribution >= 4 is 57.3 Å². The number of alkyl carbamates (subject to hydrolysis) is 1. The van der Waals surface area contributed by atoms with Crippen LogP contribution in [-0.4, -0.2) is 129 Å². The van der Waals surface area contributed by atoms with Gasteiger partial charge in [-0.25, -0.2) is 23.8 Å². The van der Waals surface area contributed by atoms with Crippen LogP contribution < -0.4 is 30.3 Å². The Hall–Kier alpha value is -4.87. The molecule has 4 aromatic heterocycles. The molecule has 75 heavy (non-hydrogen) atoms. The van der Waals surface area contributed by atoms with Gasteiger partial charge in [0.05, 0.1) is 60.4 Å². The third-order valence-electron chi connectivity index (χ3n) is 16.0. The van der Waals surface area contributed by atoms with E-state index in [-0.39, 0.29) is 31.2 Å². The number of amides is 1. The van der Waals surface area contributed by atoms with E-state index in [9.17, 15) is 20.1 Å². The number of rotatable bonds is 13. The third kappa shape index (κ3) is 11.6. The topological polar surface area (TPSA) is 220 Å². The summed E-state index contributed by atoms with van der Waals surface area (Å²) in [6.45, 7) is 20.1. The normalized spacial score (nSPS) is 19.1. The number of hydrogen-bond donors (Lipinski definition) is 5. The molecule has 2 aromatic carbocycles. The Kier molecular flexibility index (Phi) is 15.9. The third-order valence-corrected chi connectivity index (χ3v) is 22.5. The first-order valence-electron chi connectivity index (χ1n) is 26.0. The van der Waals surface area contributed by atoms with E-state index < -0.39 is 36.8 Å². The number of piperidine rings is 2. The molecule has 0 atom stereocenters. The number of hydrogen-bond acceptors (Lipinski definition) is 17. The number of nitrogens with zero attached hydrogens (tertiary/aromatic N) is 8. The smallest absolute Gasteiger partial charge is 0.407 e. The summed E-state index contributed by atoms with van der Waals surface area (Å²) in [6.07, 6.45) is 11.3. The number of nitrogens with two attached hydrogens (primary N) is 1. The monoisotopic (exact) mass is 1090 g/mol. The van der Waals surface area contributed by atoms with Crippen molar-refractivity contribution in [2.45, 2.75) is 159 Å². The lowest BCUT2D eigenvalue weighted by molar-refractivity contribution is -0.0389. The van der Waals surface area contributed by atoms with E-state index in [0.29, 0.717) is 44.5 Å². The van der Waals surface area contributed by atoms with Crippen LogP contribution >= 0.6 is 22.7 Å². The van der Waals surface area contributed by atoms with Gasteiger partial charge in [0.15, 0.2) is 8.32 Å². The van der Waals surface area contributed by atoms with E-state index in [1.165, 1.54) is 28.2 Å². The van der Waals surface area contributed by atoms with E-state index in [4.69, 9.17) is 34.6 Å². The number of carbonyl (C=O) groups excluding carboxylic acids is 1. The van der Waals surface area contributed by atoms with Crippen molar-refractivity contribution in [2.75, 3.05) is 63.3 Å². The Labute approximate surface area is 450 Å². The lowest BCUT2D eigenvalue weighted by atomic mass is 9.75. The summed E-state index contributed by atoms with van der Waals surface area (Å²) in [5.74, 6) is 1.49. The summed E-state index contributed by atoms with van der Waals surface area (Å²) < 4.78 is 27.7. The molecule has 6 aromatic rings. The molecule has 4 fully saturated rings. The molecule has 0 unspecified atom stereocenters. The number of carbonyl (C=O) groups is 1. The molecule has 0 radical (unpaired) electrons. The highest BCUT2D eigenvalue weighted by molar-refractivity contribution is 7.20. The number of fused-ring (bicyclic) bond motifs is 2. The number of ether oxygens (including phenoxy) is 3. The maximum atomic E-state index is 12.1. The van der Waals surface area contributed by atoms with Gasteiger partial charge in [-0.15, -0.1) is 10.2 Å². The number of aliphatic hydroxyl groups is 3. The molecule has 0 spiro atoms. The van der Waals surface area contributed by atoms with E-state index in [2.05, 4.69) is 77.1 Å². The number of imidazole rings is 2. The van der Waals surface area contributed by atoms with E-state index in [0.717, 1.165) is 106 Å². The zero-order chi connectivity index (χ0) is 53.1. The summed E-state index contributed by atoms with van der Waals surface area (Å²) in [5, 5.41) is 46.5. The molecule has 2 aliphatic carbocycles. The zero-order valence-corrected chi connectivity index (χ0v) is 47.4. The van der Waals surface area contributed by atoms with Crippen molar-refractivity contribution in [1.82, 2.24) is 34.5 Å². The maximum absolute atomic E-state index is 12.1. The average Bonchev–Trinajstić information content (AvgIpc) is 4.14. The van der Waals surface area contributed by atoms with Crippen LogP contribution in [-0.2, 0) is 20.4 Å². The van der Waals surface area contributed by atoms with Gasteiger partial charge < -0.3 is 54.8 Å². The fourth-order valence-electron chi connectivity index (χ4n) is 9.92. The summed E-state index contributed by atoms with van der Waals surface area (Å²) in [5.41, 5.74) is 8.01. The Balaban J connectivity index is 0.000000210. The second-order valence-corrected chi connectivity index (χ2v) is 29.9. The largest absolute Gasteiger partial charge is 0.496 e. The maximum Gasteiger partial charge on any atom is 0.407 e. The van der Waals surface area contributed by atoms with Gasteiger partial charge in [0.1, 0.15) is 17.1 Å². The number of nitrogens with one attached hydrogen (secondary N) is 1. The molecule has 410 valence electrons. The number of aromatic nitrogens is 6. The Morgan fingerprint density at radius 1 is 0.720 bits per heavy atom. The zero-order valence-electron chi connectivity index (χ0n) is 44.8. The quantitative estimate of drug-likeness (QED) is 0.0680. The molecular weight excluding hydrogens is 1010 g/mol. The van der Waals surface area contributed by atoms with Gasteiger partial charge >= 0.3 is 6.09 Å². The lowest BCUT2D eigenvalue weighted by Gasteiger charge is -2.50. The molecule has 2 aliphatic heterocycles. The van der Waals surface area contributed by atoms with Crippen LogP contribution in [0.15, 0.2) is 48.8 Å². The van der Waals surface area contributed by atoms with Crippen molar-refractivity contribution in [3.63, 3.8) is 0 Å². The van der Waals surface area contributed by atoms with Gasteiger partial charge in [0.25, 0.3) is 0 Å². The van der Waals surface area contributed by atoms with Crippen LogP contribution in [0.2, 0.25) is 18.1 Å². The Bertz CT molecular complexity index is 2950. The van der Waals surface area contributed by atoms with Crippen LogP contribution in [0.5, 0.6) is 11.5 Å². The first-order valence-corrected chi connectivity index (χ1v) is 30.5. The first kappa shape index (κ1) is 56.3. The van der Waals surface area contributed by atoms with Gasteiger partial charge in [-0.3, -0.25) is 0 Å². The van der Waals surface area contributed by atoms with E-state index in [1.807, 2.05) is 60.4 Å². The predicted octanol–water partition coefficient (Wildman–Crippen LogP) is 9.49. The molecule has 18 nitrogen and oxygen atoms in total. The molecule has 1 amide bonds. The van der Waals surface area contributed by atoms with Crippen molar-refractivity contribution < 1.29 is 38.8 Å². The van der Waals surface area contributed by atoms with Gasteiger partial charge in [-0.05, 0) is 139 Å². The predicted molar refractivity (Wildman–Crippen MR) is 300 cm³/mol. The standard InChI is InChI=1S/C32H49N5O5SSi.C21H27N5O3S.CH4/c1-29(2,3)41-28(38)34-21-31(39)15-17-36(18-16-31)27-35-37-24(20-33-26(37)43-27)23-12-11-22(19-25(23)40-7)32(13-10-14-32)42-44(8,9)30(4,5)6;1-29-17-11-14(21(28)5-2-6-21)3-4-15(17)16-12-23-18-26(16)24-19(30-18)25-9-7-20(27,13-22)8-10-25;/h11-12,19-20,39H,10,13-18,21H2,1-9H3,(H,34,38);3-4,11-12,27-28H,2,5-10,13,22H2,1H3;1H4. The van der Waals surface area contributed by atoms with Crippen molar-refractivity contribution in [2.24, 2.45) is 5.73 Å². The van der Waals surface area contributed by atoms with Crippen LogP contribution in [0.3, 0.4) is 0 Å². The molecule has 2 saturated carbocycles. The molecule has 6 heterocycles. The second kappa shape index (κ2) is 21.2. The van der Waals surface area contributed by atoms with Crippen molar-refractivity contribution in [1.29, 1.82) is 0 Å². The summed E-state index contributed by atoms with van der Waals surface area (Å²) in [7, 11) is 1.38. The average molecular weight is 1090 g/mol. The molecule has 4 aliphatic rings. The minimum atomic E-state index is -1.97. The number of benzene rings is 2. The van der Waals surface area contributed by atoms with E-state index in [1.54, 1.807) is 14.2 Å². The Morgan fingerprint density at radius 2 is 1.19 bits per heavy atom. The molecule has 10 rings (SSSR count). The summed E-state index contributed by atoms with van der Waals surface area (Å²) in [4.78, 5) is 27.3. The molecular formula is C54H80N10O8S2Si. The highest BCUT2D eigenvalue weighted by Gasteiger charge is 2.49.